The number of hydrogen-bond donors (Lipinski definition) is 2. The van der Waals surface area contributed by atoms with E-state index < -0.39 is 17.8 Å². The van der Waals surface area contributed by atoms with E-state index in [1.165, 1.54) is 12.1 Å². The summed E-state index contributed by atoms with van der Waals surface area (Å²) in [5, 5.41) is 2.52. The Balaban J connectivity index is 1.77. The van der Waals surface area contributed by atoms with Gasteiger partial charge in [-0.05, 0) is 23.8 Å². The molecule has 0 saturated heterocycles. The Morgan fingerprint density at radius 1 is 1.15 bits per heavy atom. The first-order valence-corrected chi connectivity index (χ1v) is 7.76. The van der Waals surface area contributed by atoms with Gasteiger partial charge in [-0.15, -0.1) is 0 Å². The van der Waals surface area contributed by atoms with Gasteiger partial charge >= 0.3 is 12.3 Å². The van der Waals surface area contributed by atoms with Crippen molar-refractivity contribution < 1.29 is 22.7 Å². The normalized spacial score (nSPS) is 10.6. The molecule has 2 aromatic carbocycles. The molecule has 0 unspecified atom stereocenters. The third-order valence-corrected chi connectivity index (χ3v) is 3.32. The van der Waals surface area contributed by atoms with Crippen molar-refractivity contribution in [1.82, 2.24) is 5.32 Å². The highest BCUT2D eigenvalue weighted by molar-refractivity contribution is 5.67. The van der Waals surface area contributed by atoms with Gasteiger partial charge < -0.3 is 15.8 Å². The minimum atomic E-state index is -4.52. The molecule has 4 nitrogen and oxygen atoms in total. The SMILES string of the molecule is Nc1ccc(C#CCCNC(=O)OCc2ccccc2)cc1C(F)(F)F. The molecule has 0 aliphatic heterocycles. The summed E-state index contributed by atoms with van der Waals surface area (Å²) >= 11 is 0. The monoisotopic (exact) mass is 362 g/mol. The van der Waals surface area contributed by atoms with Crippen LogP contribution in [0, 0.1) is 11.8 Å². The highest BCUT2D eigenvalue weighted by Gasteiger charge is 2.32. The number of anilines is 1. The Kier molecular flexibility index (Phi) is 6.50. The van der Waals surface area contributed by atoms with Gasteiger partial charge in [0.05, 0.1) is 5.56 Å². The second-order valence-corrected chi connectivity index (χ2v) is 5.34. The maximum Gasteiger partial charge on any atom is 0.418 e. The van der Waals surface area contributed by atoms with Gasteiger partial charge in [-0.3, -0.25) is 0 Å². The van der Waals surface area contributed by atoms with Crippen LogP contribution in [0.3, 0.4) is 0 Å². The van der Waals surface area contributed by atoms with Gasteiger partial charge in [-0.1, -0.05) is 42.2 Å². The van der Waals surface area contributed by atoms with Gasteiger partial charge in [0.15, 0.2) is 0 Å². The van der Waals surface area contributed by atoms with Crippen LogP contribution in [0.5, 0.6) is 0 Å². The number of alkyl carbamates (subject to hydrolysis) is 1. The third-order valence-electron chi connectivity index (χ3n) is 3.32. The van der Waals surface area contributed by atoms with E-state index in [1.807, 2.05) is 30.3 Å². The minimum absolute atomic E-state index is 0.157. The predicted octanol–water partition coefficient (Wildman–Crippen LogP) is 3.96. The molecule has 0 aromatic heterocycles. The van der Waals surface area contributed by atoms with Crippen LogP contribution in [0.2, 0.25) is 0 Å². The molecule has 7 heteroatoms. The van der Waals surface area contributed by atoms with Crippen molar-refractivity contribution in [2.24, 2.45) is 0 Å². The number of ether oxygens (including phenoxy) is 1. The Labute approximate surface area is 149 Å². The Bertz CT molecular complexity index is 809. The van der Waals surface area contributed by atoms with E-state index in [4.69, 9.17) is 10.5 Å². The van der Waals surface area contributed by atoms with Gasteiger partial charge in [-0.25, -0.2) is 4.79 Å². The summed E-state index contributed by atoms with van der Waals surface area (Å²) in [7, 11) is 0. The summed E-state index contributed by atoms with van der Waals surface area (Å²) in [6.45, 7) is 0.381. The Morgan fingerprint density at radius 2 is 1.88 bits per heavy atom. The molecule has 0 saturated carbocycles. The van der Waals surface area contributed by atoms with Crippen molar-refractivity contribution in [2.75, 3.05) is 12.3 Å². The summed E-state index contributed by atoms with van der Waals surface area (Å²) < 4.78 is 43.3. The van der Waals surface area contributed by atoms with Crippen LogP contribution < -0.4 is 11.1 Å². The van der Waals surface area contributed by atoms with E-state index in [9.17, 15) is 18.0 Å². The lowest BCUT2D eigenvalue weighted by atomic mass is 10.1. The summed E-state index contributed by atoms with van der Waals surface area (Å²) in [5.74, 6) is 5.32. The number of benzene rings is 2. The molecule has 0 atom stereocenters. The fourth-order valence-corrected chi connectivity index (χ4v) is 2.05. The van der Waals surface area contributed by atoms with Crippen molar-refractivity contribution in [3.05, 3.63) is 65.2 Å². The quantitative estimate of drug-likeness (QED) is 0.492. The van der Waals surface area contributed by atoms with E-state index in [0.29, 0.717) is 0 Å². The van der Waals surface area contributed by atoms with E-state index in [-0.39, 0.29) is 30.8 Å². The predicted molar refractivity (Wildman–Crippen MR) is 92.0 cm³/mol. The van der Waals surface area contributed by atoms with Gasteiger partial charge in [0, 0.05) is 24.2 Å². The highest BCUT2D eigenvalue weighted by atomic mass is 19.4. The van der Waals surface area contributed by atoms with Crippen molar-refractivity contribution in [2.45, 2.75) is 19.2 Å². The van der Waals surface area contributed by atoms with E-state index in [1.54, 1.807) is 0 Å². The molecule has 0 fully saturated rings. The van der Waals surface area contributed by atoms with E-state index in [2.05, 4.69) is 17.2 Å². The Hall–Kier alpha value is -3.14. The number of hydrogen-bond acceptors (Lipinski definition) is 3. The summed E-state index contributed by atoms with van der Waals surface area (Å²) in [4.78, 5) is 11.5. The smallest absolute Gasteiger partial charge is 0.418 e. The van der Waals surface area contributed by atoms with E-state index in [0.717, 1.165) is 11.6 Å². The summed E-state index contributed by atoms with van der Waals surface area (Å²) in [6, 6.07) is 12.7. The molecule has 0 aliphatic carbocycles. The average Bonchev–Trinajstić information content (AvgIpc) is 2.61. The first-order chi connectivity index (χ1) is 12.4. The molecule has 26 heavy (non-hydrogen) atoms. The summed E-state index contributed by atoms with van der Waals surface area (Å²) in [6.07, 6.45) is -4.83. The van der Waals surface area contributed by atoms with Gasteiger partial charge in [0.25, 0.3) is 0 Å². The maximum atomic E-state index is 12.8. The molecule has 2 rings (SSSR count). The lowest BCUT2D eigenvalue weighted by Crippen LogP contribution is -2.24. The number of nitrogen functional groups attached to an aromatic ring is 1. The fraction of sp³-hybridized carbons (Fsp3) is 0.211. The molecule has 1 amide bonds. The molecule has 3 N–H and O–H groups in total. The number of nitrogens with one attached hydrogen (secondary N) is 1. The fourth-order valence-electron chi connectivity index (χ4n) is 2.05. The molecule has 2 aromatic rings. The zero-order chi connectivity index (χ0) is 19.0. The van der Waals surface area contributed by atoms with E-state index >= 15 is 0 Å². The molecular weight excluding hydrogens is 345 g/mol. The lowest BCUT2D eigenvalue weighted by molar-refractivity contribution is -0.136. The second kappa shape index (κ2) is 8.81. The minimum Gasteiger partial charge on any atom is -0.445 e. The highest BCUT2D eigenvalue weighted by Crippen LogP contribution is 2.33. The molecule has 0 bridgehead atoms. The van der Waals surface area contributed by atoms with Crippen LogP contribution in [-0.4, -0.2) is 12.6 Å². The van der Waals surface area contributed by atoms with Crippen LogP contribution >= 0.6 is 0 Å². The zero-order valence-electron chi connectivity index (χ0n) is 13.8. The third kappa shape index (κ3) is 6.06. The number of rotatable bonds is 4. The second-order valence-electron chi connectivity index (χ2n) is 5.34. The van der Waals surface area contributed by atoms with Crippen molar-refractivity contribution >= 4 is 11.8 Å². The molecular formula is C19H17F3N2O2. The summed E-state index contributed by atoms with van der Waals surface area (Å²) in [5.41, 5.74) is 5.15. The average molecular weight is 362 g/mol. The van der Waals surface area contributed by atoms with Gasteiger partial charge in [-0.2, -0.15) is 13.2 Å². The number of carbonyl (C=O) groups is 1. The lowest BCUT2D eigenvalue weighted by Gasteiger charge is -2.09. The number of nitrogens with two attached hydrogens (primary N) is 1. The first-order valence-electron chi connectivity index (χ1n) is 7.76. The van der Waals surface area contributed by atoms with Crippen molar-refractivity contribution in [3.8, 4) is 11.8 Å². The van der Waals surface area contributed by atoms with Crippen LogP contribution in [0.15, 0.2) is 48.5 Å². The molecule has 0 spiro atoms. The molecule has 0 aliphatic rings. The Morgan fingerprint density at radius 3 is 2.58 bits per heavy atom. The number of halogens is 3. The van der Waals surface area contributed by atoms with Gasteiger partial charge in [0.1, 0.15) is 6.61 Å². The van der Waals surface area contributed by atoms with Crippen molar-refractivity contribution in [3.63, 3.8) is 0 Å². The number of amides is 1. The van der Waals surface area contributed by atoms with Crippen LogP contribution in [0.4, 0.5) is 23.7 Å². The molecule has 136 valence electrons. The maximum absolute atomic E-state index is 12.8. The van der Waals surface area contributed by atoms with Gasteiger partial charge in [0.2, 0.25) is 0 Å². The van der Waals surface area contributed by atoms with Crippen LogP contribution in [-0.2, 0) is 17.5 Å². The standard InChI is InChI=1S/C19H17F3N2O2/c20-19(21,22)16-12-14(9-10-17(16)23)6-4-5-11-24-18(25)26-13-15-7-2-1-3-8-15/h1-3,7-10,12H,5,11,13,23H2,(H,24,25). The topological polar surface area (TPSA) is 64.3 Å². The molecule has 0 radical (unpaired) electrons. The first kappa shape index (κ1) is 19.2. The largest absolute Gasteiger partial charge is 0.445 e. The number of carbonyl (C=O) groups excluding carboxylic acids is 1. The van der Waals surface area contributed by atoms with Crippen LogP contribution in [0.1, 0.15) is 23.1 Å². The van der Waals surface area contributed by atoms with Crippen LogP contribution in [0.25, 0.3) is 0 Å². The number of alkyl halides is 3. The molecule has 0 heterocycles. The zero-order valence-corrected chi connectivity index (χ0v) is 13.8. The van der Waals surface area contributed by atoms with Crippen molar-refractivity contribution in [1.29, 1.82) is 0 Å².